The molecule has 0 aromatic carbocycles. The van der Waals surface area contributed by atoms with E-state index in [1.54, 1.807) is 0 Å². The van der Waals surface area contributed by atoms with Gasteiger partial charge in [-0.2, -0.15) is 0 Å². The lowest BCUT2D eigenvalue weighted by atomic mass is 9.38. The first-order valence-corrected chi connectivity index (χ1v) is 9.52. The summed E-state index contributed by atoms with van der Waals surface area (Å²) in [5.41, 5.74) is 6.34. The average molecular weight is 371 g/mol. The highest BCUT2D eigenvalue weighted by Gasteiger charge is 2.62. The van der Waals surface area contributed by atoms with E-state index in [1.165, 1.54) is 19.3 Å². The fraction of sp³-hybridized carbons (Fsp3) is 1.00. The first-order valence-electron chi connectivity index (χ1n) is 9.52. The Labute approximate surface area is 152 Å². The van der Waals surface area contributed by atoms with Crippen molar-refractivity contribution in [1.82, 2.24) is 0 Å². The molecule has 0 saturated heterocycles. The van der Waals surface area contributed by atoms with Gasteiger partial charge in [-0.25, -0.2) is 0 Å². The fourth-order valence-corrected chi connectivity index (χ4v) is 7.14. The molecule has 4 rings (SSSR count). The maximum atomic E-state index is 10.9. The largest absolute Gasteiger partial charge is 0.330 e. The average Bonchev–Trinajstić information content (AvgIpc) is 2.50. The third-order valence-electron chi connectivity index (χ3n) is 7.10. The molecule has 5 unspecified atom stereocenters. The summed E-state index contributed by atoms with van der Waals surface area (Å²) in [5, 5.41) is 19.6. The monoisotopic (exact) mass is 371 g/mol. The molecule has 0 aliphatic heterocycles. The van der Waals surface area contributed by atoms with Gasteiger partial charge in [-0.3, -0.25) is 0 Å². The van der Waals surface area contributed by atoms with Crippen molar-refractivity contribution in [2.45, 2.75) is 70.8 Å². The predicted molar refractivity (Wildman–Crippen MR) is 91.9 cm³/mol. The van der Waals surface area contributed by atoms with Gasteiger partial charge in [0, 0.05) is 0 Å². The maximum absolute atomic E-state index is 10.9. The van der Waals surface area contributed by atoms with E-state index in [1.807, 2.05) is 0 Å². The van der Waals surface area contributed by atoms with Gasteiger partial charge in [-0.05, 0) is 80.1 Å². The van der Waals surface area contributed by atoms with Gasteiger partial charge in [0.05, 0.1) is 0 Å². The van der Waals surface area contributed by atoms with Crippen molar-refractivity contribution >= 4 is 0 Å². The van der Waals surface area contributed by atoms with Crippen molar-refractivity contribution in [1.29, 1.82) is 0 Å². The number of nitrogens with zero attached hydrogens (tertiary/aromatic N) is 2. The van der Waals surface area contributed by atoms with Crippen LogP contribution in [0.2, 0.25) is 0 Å². The van der Waals surface area contributed by atoms with Gasteiger partial charge in [0.15, 0.2) is 0 Å². The Bertz CT molecular complexity index is 575. The zero-order valence-corrected chi connectivity index (χ0v) is 15.4. The van der Waals surface area contributed by atoms with Crippen molar-refractivity contribution in [2.24, 2.45) is 27.9 Å². The summed E-state index contributed by atoms with van der Waals surface area (Å²) < 4.78 is 0. The Morgan fingerprint density at radius 1 is 1.08 bits per heavy atom. The zero-order chi connectivity index (χ0) is 19.0. The minimum absolute atomic E-state index is 0.0643. The molecule has 0 radical (unpaired) electrons. The van der Waals surface area contributed by atoms with E-state index in [9.17, 15) is 20.2 Å². The van der Waals surface area contributed by atoms with Gasteiger partial charge in [0.1, 0.15) is 12.7 Å². The second-order valence-corrected chi connectivity index (χ2v) is 9.08. The van der Waals surface area contributed by atoms with E-state index >= 15 is 0 Å². The lowest BCUT2D eigenvalue weighted by Gasteiger charge is -2.67. The molecule has 2 N–H and O–H groups in total. The highest BCUT2D eigenvalue weighted by Crippen LogP contribution is 2.72. The molecule has 9 nitrogen and oxygen atoms in total. The quantitative estimate of drug-likeness (QED) is 0.461. The minimum atomic E-state index is -0.917. The molecule has 4 fully saturated rings. The Kier molecular flexibility index (Phi) is 5.02. The number of nitrogens with two attached hydrogens (primary N) is 1. The van der Waals surface area contributed by atoms with Gasteiger partial charge in [-0.15, -0.1) is 20.2 Å². The maximum Gasteiger partial charge on any atom is 0.294 e. The van der Waals surface area contributed by atoms with Crippen molar-refractivity contribution in [3.63, 3.8) is 0 Å². The van der Waals surface area contributed by atoms with Gasteiger partial charge in [0.25, 0.3) is 10.2 Å². The molecule has 0 aromatic rings. The van der Waals surface area contributed by atoms with E-state index < -0.39 is 22.9 Å². The van der Waals surface area contributed by atoms with Gasteiger partial charge in [0.2, 0.25) is 0 Å². The second kappa shape index (κ2) is 6.83. The lowest BCUT2D eigenvalue weighted by molar-refractivity contribution is -0.790. The molecule has 4 bridgehead atoms. The molecule has 4 aliphatic rings. The Balaban J connectivity index is 1.82. The molecule has 26 heavy (non-hydrogen) atoms. The van der Waals surface area contributed by atoms with Crippen LogP contribution in [0.25, 0.3) is 0 Å². The lowest BCUT2D eigenvalue weighted by Crippen LogP contribution is -2.58. The van der Waals surface area contributed by atoms with Crippen molar-refractivity contribution in [3.8, 4) is 0 Å². The minimum Gasteiger partial charge on any atom is -0.330 e. The molecular formula is C17H29N3O6. The smallest absolute Gasteiger partial charge is 0.294 e. The summed E-state index contributed by atoms with van der Waals surface area (Å²) in [6, 6.07) is 0. The molecule has 0 spiro atoms. The molecule has 4 saturated carbocycles. The summed E-state index contributed by atoms with van der Waals surface area (Å²) in [6.07, 6.45) is 8.27. The second-order valence-electron chi connectivity index (χ2n) is 9.08. The van der Waals surface area contributed by atoms with Crippen LogP contribution < -0.4 is 5.73 Å². The van der Waals surface area contributed by atoms with Crippen molar-refractivity contribution in [3.05, 3.63) is 20.2 Å². The van der Waals surface area contributed by atoms with E-state index in [-0.39, 0.29) is 16.2 Å². The summed E-state index contributed by atoms with van der Waals surface area (Å²) in [4.78, 5) is 30.6. The summed E-state index contributed by atoms with van der Waals surface area (Å²) in [7, 11) is 0. The molecule has 0 heterocycles. The van der Waals surface area contributed by atoms with Crippen LogP contribution in [0.15, 0.2) is 0 Å². The highest BCUT2D eigenvalue weighted by atomic mass is 17.0. The van der Waals surface area contributed by atoms with E-state index in [0.717, 1.165) is 32.1 Å². The zero-order valence-electron chi connectivity index (χ0n) is 15.4. The summed E-state index contributed by atoms with van der Waals surface area (Å²) in [6.45, 7) is 2.49. The number of hydrogen-bond acceptors (Lipinski definition) is 7. The third kappa shape index (κ3) is 3.72. The van der Waals surface area contributed by atoms with Crippen LogP contribution in [0.4, 0.5) is 0 Å². The fourth-order valence-electron chi connectivity index (χ4n) is 7.14. The van der Waals surface area contributed by atoms with Crippen LogP contribution in [0.5, 0.6) is 0 Å². The highest BCUT2D eigenvalue weighted by molar-refractivity contribution is 5.12. The normalized spacial score (nSPS) is 38.8. The first-order chi connectivity index (χ1) is 12.2. The van der Waals surface area contributed by atoms with Crippen molar-refractivity contribution < 1.29 is 19.8 Å². The number of rotatable bonds is 10. The van der Waals surface area contributed by atoms with Crippen LogP contribution in [-0.2, 0) is 9.68 Å². The first kappa shape index (κ1) is 19.1. The van der Waals surface area contributed by atoms with E-state index in [0.29, 0.717) is 18.9 Å². The van der Waals surface area contributed by atoms with E-state index in [4.69, 9.17) is 10.6 Å². The van der Waals surface area contributed by atoms with Crippen LogP contribution in [-0.4, -0.2) is 29.4 Å². The van der Waals surface area contributed by atoms with E-state index in [2.05, 4.69) is 11.8 Å². The SMILES string of the molecule is CCC12CC3CC(CCN)(C1)CC(CC(CO[N+](=O)[O-])O[N+](=O)[O-])(C3)C2. The Morgan fingerprint density at radius 2 is 1.69 bits per heavy atom. The molecule has 148 valence electrons. The molecule has 0 aromatic heterocycles. The molecular weight excluding hydrogens is 342 g/mol. The van der Waals surface area contributed by atoms with Crippen LogP contribution >= 0.6 is 0 Å². The van der Waals surface area contributed by atoms with Crippen LogP contribution in [0.3, 0.4) is 0 Å². The predicted octanol–water partition coefficient (Wildman–Crippen LogP) is 2.88. The molecule has 9 heteroatoms. The molecule has 4 aliphatic carbocycles. The Morgan fingerprint density at radius 3 is 2.31 bits per heavy atom. The van der Waals surface area contributed by atoms with Crippen LogP contribution in [0, 0.1) is 42.4 Å². The molecule has 0 amide bonds. The standard InChI is InChI=1S/C17H29N3O6/c1-2-15-5-13-6-16(10-15,3-4-18)12-17(7-13,11-15)8-14(26-20(23)24)9-25-19(21)22/h13-14H,2-12,18H2,1H3. The summed E-state index contributed by atoms with van der Waals surface area (Å²) in [5.74, 6) is 0.616. The number of hydrogen-bond donors (Lipinski definition) is 1. The van der Waals surface area contributed by atoms with Gasteiger partial charge >= 0.3 is 0 Å². The van der Waals surface area contributed by atoms with Gasteiger partial charge < -0.3 is 15.4 Å². The topological polar surface area (TPSA) is 131 Å². The molecule has 5 atom stereocenters. The van der Waals surface area contributed by atoms with Crippen molar-refractivity contribution in [2.75, 3.05) is 13.2 Å². The third-order valence-corrected chi connectivity index (χ3v) is 7.10. The summed E-state index contributed by atoms with van der Waals surface area (Å²) >= 11 is 0. The Hall–Kier alpha value is -1.64. The van der Waals surface area contributed by atoms with Crippen LogP contribution in [0.1, 0.15) is 64.7 Å². The van der Waals surface area contributed by atoms with Gasteiger partial charge in [-0.1, -0.05) is 13.3 Å².